The zero-order valence-corrected chi connectivity index (χ0v) is 19.1. The SMILES string of the molecule is O=c1n(Cc2ccc(-c3ccno3)cc2)nc2c(-c3ccccc3)c(-c3ccc(Cl)cc3)cnn12. The molecule has 3 aromatic heterocycles. The normalized spacial score (nSPS) is 11.2. The lowest BCUT2D eigenvalue weighted by molar-refractivity contribution is 0.432. The van der Waals surface area contributed by atoms with E-state index in [0.29, 0.717) is 23.0 Å². The van der Waals surface area contributed by atoms with E-state index in [-0.39, 0.29) is 5.69 Å². The molecule has 0 radical (unpaired) electrons. The average molecular weight is 480 g/mol. The lowest BCUT2D eigenvalue weighted by atomic mass is 9.97. The molecule has 0 N–H and O–H groups in total. The maximum atomic E-state index is 13.2. The number of aromatic nitrogens is 5. The van der Waals surface area contributed by atoms with Crippen LogP contribution >= 0.6 is 11.6 Å². The Balaban J connectivity index is 1.46. The van der Waals surface area contributed by atoms with E-state index in [0.717, 1.165) is 33.4 Å². The van der Waals surface area contributed by atoms with Crippen molar-refractivity contribution in [2.24, 2.45) is 0 Å². The van der Waals surface area contributed by atoms with Crippen molar-refractivity contribution in [3.8, 4) is 33.6 Å². The van der Waals surface area contributed by atoms with Gasteiger partial charge in [0.1, 0.15) is 0 Å². The molecule has 0 aliphatic carbocycles. The van der Waals surface area contributed by atoms with Gasteiger partial charge in [0.15, 0.2) is 11.4 Å². The van der Waals surface area contributed by atoms with Gasteiger partial charge in [0.25, 0.3) is 0 Å². The first-order chi connectivity index (χ1) is 17.2. The average Bonchev–Trinajstić information content (AvgIpc) is 3.54. The number of hydrogen-bond donors (Lipinski definition) is 0. The zero-order chi connectivity index (χ0) is 23.8. The van der Waals surface area contributed by atoms with Crippen LogP contribution in [0.1, 0.15) is 5.56 Å². The summed E-state index contributed by atoms with van der Waals surface area (Å²) in [4.78, 5) is 13.2. The van der Waals surface area contributed by atoms with E-state index in [4.69, 9.17) is 21.2 Å². The molecule has 170 valence electrons. The molecule has 0 spiro atoms. The molecule has 0 aliphatic heterocycles. The summed E-state index contributed by atoms with van der Waals surface area (Å²) in [5.74, 6) is 0.688. The second kappa shape index (κ2) is 8.70. The molecule has 3 aromatic carbocycles. The minimum atomic E-state index is -0.306. The minimum Gasteiger partial charge on any atom is -0.356 e. The number of rotatable bonds is 5. The Hall–Kier alpha value is -4.49. The summed E-state index contributed by atoms with van der Waals surface area (Å²) in [6.45, 7) is 0.309. The molecule has 6 aromatic rings. The van der Waals surface area contributed by atoms with Crippen LogP contribution in [-0.4, -0.2) is 24.6 Å². The maximum Gasteiger partial charge on any atom is 0.367 e. The Labute approximate surface area is 204 Å². The Morgan fingerprint density at radius 3 is 2.29 bits per heavy atom. The van der Waals surface area contributed by atoms with Crippen LogP contribution in [0.5, 0.6) is 0 Å². The summed E-state index contributed by atoms with van der Waals surface area (Å²) < 4.78 is 8.00. The molecule has 6 rings (SSSR count). The topological polar surface area (TPSA) is 78.2 Å². The van der Waals surface area contributed by atoms with Crippen molar-refractivity contribution in [1.29, 1.82) is 0 Å². The fraction of sp³-hybridized carbons (Fsp3) is 0.0370. The summed E-state index contributed by atoms with van der Waals surface area (Å²) in [6, 6.07) is 27.0. The summed E-state index contributed by atoms with van der Waals surface area (Å²) in [5, 5.41) is 13.6. The van der Waals surface area contributed by atoms with Crippen LogP contribution in [0.15, 0.2) is 107 Å². The highest BCUT2D eigenvalue weighted by molar-refractivity contribution is 6.30. The lowest BCUT2D eigenvalue weighted by Gasteiger charge is -2.10. The van der Waals surface area contributed by atoms with Crippen LogP contribution < -0.4 is 5.69 Å². The predicted octanol–water partition coefficient (Wildman–Crippen LogP) is 5.58. The van der Waals surface area contributed by atoms with Crippen molar-refractivity contribution in [1.82, 2.24) is 24.6 Å². The fourth-order valence-corrected chi connectivity index (χ4v) is 4.24. The lowest BCUT2D eigenvalue weighted by Crippen LogP contribution is -2.22. The highest BCUT2D eigenvalue weighted by Crippen LogP contribution is 2.34. The number of hydrogen-bond acceptors (Lipinski definition) is 5. The van der Waals surface area contributed by atoms with E-state index in [1.165, 1.54) is 9.20 Å². The van der Waals surface area contributed by atoms with Crippen molar-refractivity contribution < 1.29 is 4.52 Å². The van der Waals surface area contributed by atoms with Gasteiger partial charge in [-0.05, 0) is 28.8 Å². The van der Waals surface area contributed by atoms with Crippen molar-refractivity contribution >= 4 is 17.2 Å². The Kier molecular flexibility index (Phi) is 5.24. The first-order valence-corrected chi connectivity index (χ1v) is 11.4. The van der Waals surface area contributed by atoms with Gasteiger partial charge in [-0.25, -0.2) is 9.48 Å². The first kappa shape index (κ1) is 21.1. The van der Waals surface area contributed by atoms with Crippen molar-refractivity contribution in [2.45, 2.75) is 6.54 Å². The highest BCUT2D eigenvalue weighted by Gasteiger charge is 2.18. The summed E-state index contributed by atoms with van der Waals surface area (Å²) in [6.07, 6.45) is 3.31. The van der Waals surface area contributed by atoms with Gasteiger partial charge in [0.05, 0.1) is 18.9 Å². The Morgan fingerprint density at radius 1 is 0.829 bits per heavy atom. The molecule has 0 atom stereocenters. The molecule has 35 heavy (non-hydrogen) atoms. The van der Waals surface area contributed by atoms with Gasteiger partial charge in [-0.2, -0.15) is 9.61 Å². The van der Waals surface area contributed by atoms with Crippen LogP contribution in [0.3, 0.4) is 0 Å². The standard InChI is InChI=1S/C27H18ClN5O2/c28-22-12-10-19(11-13-22)23-16-29-33-26(25(23)21-4-2-1-3-5-21)31-32(27(33)34)17-18-6-8-20(9-7-18)24-14-15-30-35-24/h1-16H,17H2. The first-order valence-electron chi connectivity index (χ1n) is 11.0. The number of benzene rings is 3. The monoisotopic (exact) mass is 479 g/mol. The molecule has 0 unspecified atom stereocenters. The van der Waals surface area contributed by atoms with E-state index in [2.05, 4.69) is 10.3 Å². The third-order valence-corrected chi connectivity index (χ3v) is 6.09. The zero-order valence-electron chi connectivity index (χ0n) is 18.4. The molecule has 0 amide bonds. The van der Waals surface area contributed by atoms with E-state index < -0.39 is 0 Å². The van der Waals surface area contributed by atoms with Gasteiger partial charge in [-0.1, -0.05) is 83.5 Å². The van der Waals surface area contributed by atoms with E-state index in [9.17, 15) is 4.79 Å². The van der Waals surface area contributed by atoms with E-state index >= 15 is 0 Å². The molecule has 0 fully saturated rings. The molecular weight excluding hydrogens is 462 g/mol. The van der Waals surface area contributed by atoms with Crippen molar-refractivity contribution in [2.75, 3.05) is 0 Å². The second-order valence-electron chi connectivity index (χ2n) is 8.06. The third kappa shape index (κ3) is 3.92. The summed E-state index contributed by atoms with van der Waals surface area (Å²) in [5.41, 5.74) is 5.61. The largest absolute Gasteiger partial charge is 0.367 e. The molecule has 7 nitrogen and oxygen atoms in total. The minimum absolute atomic E-state index is 0.306. The molecule has 8 heteroatoms. The van der Waals surface area contributed by atoms with Gasteiger partial charge in [-0.3, -0.25) is 0 Å². The smallest absolute Gasteiger partial charge is 0.356 e. The van der Waals surface area contributed by atoms with Gasteiger partial charge < -0.3 is 4.52 Å². The summed E-state index contributed by atoms with van der Waals surface area (Å²) in [7, 11) is 0. The molecule has 0 saturated heterocycles. The quantitative estimate of drug-likeness (QED) is 0.322. The Bertz CT molecular complexity index is 1670. The van der Waals surface area contributed by atoms with Crippen LogP contribution in [0.4, 0.5) is 0 Å². The molecule has 3 heterocycles. The van der Waals surface area contributed by atoms with Crippen LogP contribution in [-0.2, 0) is 6.54 Å². The van der Waals surface area contributed by atoms with Crippen molar-refractivity contribution in [3.05, 3.63) is 118 Å². The van der Waals surface area contributed by atoms with Gasteiger partial charge in [0, 0.05) is 27.8 Å². The number of fused-ring (bicyclic) bond motifs is 1. The van der Waals surface area contributed by atoms with E-state index in [1.807, 2.05) is 78.9 Å². The van der Waals surface area contributed by atoms with Crippen LogP contribution in [0.25, 0.3) is 39.2 Å². The van der Waals surface area contributed by atoms with Crippen molar-refractivity contribution in [3.63, 3.8) is 0 Å². The number of halogens is 1. The number of nitrogens with zero attached hydrogens (tertiary/aromatic N) is 5. The van der Waals surface area contributed by atoms with Gasteiger partial charge in [0.2, 0.25) is 0 Å². The van der Waals surface area contributed by atoms with Crippen LogP contribution in [0, 0.1) is 0 Å². The molecular formula is C27H18ClN5O2. The molecule has 0 aliphatic rings. The van der Waals surface area contributed by atoms with Gasteiger partial charge >= 0.3 is 5.69 Å². The highest BCUT2D eigenvalue weighted by atomic mass is 35.5. The third-order valence-electron chi connectivity index (χ3n) is 5.84. The fourth-order valence-electron chi connectivity index (χ4n) is 4.11. The van der Waals surface area contributed by atoms with E-state index in [1.54, 1.807) is 18.5 Å². The second-order valence-corrected chi connectivity index (χ2v) is 8.49. The Morgan fingerprint density at radius 2 is 1.57 bits per heavy atom. The maximum absolute atomic E-state index is 13.2. The summed E-state index contributed by atoms with van der Waals surface area (Å²) >= 11 is 6.11. The van der Waals surface area contributed by atoms with Crippen LogP contribution in [0.2, 0.25) is 5.02 Å². The van der Waals surface area contributed by atoms with Gasteiger partial charge in [-0.15, -0.1) is 5.10 Å². The molecule has 0 saturated carbocycles. The predicted molar refractivity (Wildman–Crippen MR) is 134 cm³/mol. The molecule has 0 bridgehead atoms.